The number of anilines is 1. The number of aromatic nitrogens is 1. The molecular weight excluding hydrogens is 290 g/mol. The Labute approximate surface area is 136 Å². The molecule has 0 bridgehead atoms. The molecule has 0 aliphatic carbocycles. The molecule has 1 aliphatic rings. The highest BCUT2D eigenvalue weighted by Gasteiger charge is 2.30. The fourth-order valence-electron chi connectivity index (χ4n) is 3.10. The van der Waals surface area contributed by atoms with Crippen LogP contribution in [0.15, 0.2) is 28.8 Å². The van der Waals surface area contributed by atoms with Gasteiger partial charge in [-0.15, -0.1) is 0 Å². The molecule has 122 valence electrons. The number of likely N-dealkylation sites (N-methyl/N-ethyl adjacent to an activating group) is 1. The first-order valence-electron chi connectivity index (χ1n) is 8.00. The molecule has 0 saturated carbocycles. The quantitative estimate of drug-likeness (QED) is 0.871. The van der Waals surface area contributed by atoms with Gasteiger partial charge >= 0.3 is 0 Å². The van der Waals surface area contributed by atoms with Gasteiger partial charge in [0, 0.05) is 24.3 Å². The van der Waals surface area contributed by atoms with Crippen molar-refractivity contribution in [1.29, 1.82) is 0 Å². The lowest BCUT2D eigenvalue weighted by Gasteiger charge is -2.28. The van der Waals surface area contributed by atoms with E-state index in [0.717, 1.165) is 35.7 Å². The lowest BCUT2D eigenvalue weighted by molar-refractivity contribution is -0.122. The van der Waals surface area contributed by atoms with E-state index in [9.17, 15) is 4.79 Å². The summed E-state index contributed by atoms with van der Waals surface area (Å²) < 4.78 is 5.21. The Bertz CT molecular complexity index is 703. The van der Waals surface area contributed by atoms with Crippen LogP contribution >= 0.6 is 0 Å². The first kappa shape index (κ1) is 15.7. The van der Waals surface area contributed by atoms with Gasteiger partial charge in [0.2, 0.25) is 5.91 Å². The number of nitrogens with zero attached hydrogens (tertiary/aromatic N) is 3. The maximum Gasteiger partial charge on any atom is 0.244 e. The van der Waals surface area contributed by atoms with E-state index in [1.54, 1.807) is 0 Å². The van der Waals surface area contributed by atoms with Crippen molar-refractivity contribution in [3.05, 3.63) is 46.8 Å². The summed E-state index contributed by atoms with van der Waals surface area (Å²) in [6, 6.07) is 7.94. The zero-order chi connectivity index (χ0) is 16.6. The first-order valence-corrected chi connectivity index (χ1v) is 8.00. The topological polar surface area (TPSA) is 49.6 Å². The molecule has 5 heteroatoms. The molecule has 0 fully saturated rings. The van der Waals surface area contributed by atoms with Crippen LogP contribution in [0.25, 0.3) is 0 Å². The molecule has 1 unspecified atom stereocenters. The van der Waals surface area contributed by atoms with Gasteiger partial charge in [-0.3, -0.25) is 9.69 Å². The van der Waals surface area contributed by atoms with Crippen LogP contribution in [0.4, 0.5) is 5.69 Å². The van der Waals surface area contributed by atoms with E-state index >= 15 is 0 Å². The largest absolute Gasteiger partial charge is 0.361 e. The Balaban J connectivity index is 1.73. The van der Waals surface area contributed by atoms with Gasteiger partial charge in [0.05, 0.1) is 11.7 Å². The van der Waals surface area contributed by atoms with Crippen molar-refractivity contribution in [2.45, 2.75) is 39.8 Å². The van der Waals surface area contributed by atoms with Gasteiger partial charge in [0.1, 0.15) is 5.76 Å². The molecule has 5 nitrogen and oxygen atoms in total. The maximum absolute atomic E-state index is 12.9. The number of aryl methyl sites for hydroxylation is 2. The third-order valence-corrected chi connectivity index (χ3v) is 4.76. The van der Waals surface area contributed by atoms with Crippen molar-refractivity contribution >= 4 is 11.6 Å². The van der Waals surface area contributed by atoms with Crippen LogP contribution in [0.5, 0.6) is 0 Å². The van der Waals surface area contributed by atoms with E-state index in [2.05, 4.69) is 16.1 Å². The van der Waals surface area contributed by atoms with Crippen LogP contribution in [0.3, 0.4) is 0 Å². The predicted molar refractivity (Wildman–Crippen MR) is 89.4 cm³/mol. The normalized spacial score (nSPS) is 15.1. The number of rotatable bonds is 4. The van der Waals surface area contributed by atoms with Crippen LogP contribution < -0.4 is 4.90 Å². The Hall–Kier alpha value is -2.14. The fourth-order valence-corrected chi connectivity index (χ4v) is 3.10. The Morgan fingerprint density at radius 3 is 2.83 bits per heavy atom. The van der Waals surface area contributed by atoms with Gasteiger partial charge in [0.25, 0.3) is 0 Å². The second-order valence-corrected chi connectivity index (χ2v) is 6.26. The minimum atomic E-state index is -0.199. The summed E-state index contributed by atoms with van der Waals surface area (Å²) in [7, 11) is 1.97. The van der Waals surface area contributed by atoms with Gasteiger partial charge in [-0.2, -0.15) is 0 Å². The molecular formula is C18H23N3O2. The molecule has 0 saturated heterocycles. The number of fused-ring (bicyclic) bond motifs is 1. The summed E-state index contributed by atoms with van der Waals surface area (Å²) in [5, 5.41) is 3.98. The van der Waals surface area contributed by atoms with Crippen LogP contribution in [0.1, 0.15) is 29.5 Å². The van der Waals surface area contributed by atoms with Crippen molar-refractivity contribution in [2.24, 2.45) is 0 Å². The number of amides is 1. The van der Waals surface area contributed by atoms with Crippen LogP contribution in [0, 0.1) is 13.8 Å². The molecule has 1 aromatic heterocycles. The molecule has 1 aliphatic heterocycles. The second-order valence-electron chi connectivity index (χ2n) is 6.26. The predicted octanol–water partition coefficient (Wildman–Crippen LogP) is 2.70. The van der Waals surface area contributed by atoms with Gasteiger partial charge < -0.3 is 9.42 Å². The number of carbonyl (C=O) groups excluding carboxylic acids is 1. The van der Waals surface area contributed by atoms with Crippen molar-refractivity contribution < 1.29 is 9.32 Å². The van der Waals surface area contributed by atoms with E-state index < -0.39 is 0 Å². The van der Waals surface area contributed by atoms with E-state index in [-0.39, 0.29) is 11.9 Å². The molecule has 23 heavy (non-hydrogen) atoms. The molecule has 1 atom stereocenters. The van der Waals surface area contributed by atoms with Crippen molar-refractivity contribution in [2.75, 3.05) is 18.5 Å². The van der Waals surface area contributed by atoms with Gasteiger partial charge in [-0.05, 0) is 45.9 Å². The summed E-state index contributed by atoms with van der Waals surface area (Å²) in [4.78, 5) is 16.9. The van der Waals surface area contributed by atoms with Crippen molar-refractivity contribution in [3.63, 3.8) is 0 Å². The summed E-state index contributed by atoms with van der Waals surface area (Å²) in [5.74, 6) is 0.963. The van der Waals surface area contributed by atoms with Crippen LogP contribution in [-0.4, -0.2) is 35.6 Å². The van der Waals surface area contributed by atoms with Crippen LogP contribution in [0.2, 0.25) is 0 Å². The SMILES string of the molecule is Cc1noc(C)c1CN(C)C(C)C(=O)N1CCc2ccccc21. The number of carbonyl (C=O) groups is 1. The standard InChI is InChI=1S/C18H23N3O2/c1-12-16(14(3)23-19-12)11-20(4)13(2)18(22)21-10-9-15-7-5-6-8-17(15)21/h5-8,13H,9-11H2,1-4H3. The summed E-state index contributed by atoms with van der Waals surface area (Å²) in [6.45, 7) is 7.22. The first-order chi connectivity index (χ1) is 11.0. The molecule has 2 aromatic rings. The molecule has 0 spiro atoms. The smallest absolute Gasteiger partial charge is 0.244 e. The highest BCUT2D eigenvalue weighted by Crippen LogP contribution is 2.28. The minimum absolute atomic E-state index is 0.143. The van der Waals surface area contributed by atoms with Crippen LogP contribution in [-0.2, 0) is 17.8 Å². The molecule has 2 heterocycles. The third-order valence-electron chi connectivity index (χ3n) is 4.76. The molecule has 3 rings (SSSR count). The van der Waals surface area contributed by atoms with E-state index in [1.165, 1.54) is 5.56 Å². The molecule has 0 radical (unpaired) electrons. The van der Waals surface area contributed by atoms with Crippen molar-refractivity contribution in [1.82, 2.24) is 10.1 Å². The summed E-state index contributed by atoms with van der Waals surface area (Å²) in [5.41, 5.74) is 4.26. The zero-order valence-corrected chi connectivity index (χ0v) is 14.2. The number of para-hydroxylation sites is 1. The highest BCUT2D eigenvalue weighted by molar-refractivity contribution is 5.98. The minimum Gasteiger partial charge on any atom is -0.361 e. The maximum atomic E-state index is 12.9. The van der Waals surface area contributed by atoms with Crippen molar-refractivity contribution in [3.8, 4) is 0 Å². The van der Waals surface area contributed by atoms with E-state index in [1.807, 2.05) is 50.9 Å². The third kappa shape index (κ3) is 2.88. The average molecular weight is 313 g/mol. The van der Waals surface area contributed by atoms with Gasteiger partial charge in [-0.25, -0.2) is 0 Å². The number of hydrogen-bond acceptors (Lipinski definition) is 4. The molecule has 0 N–H and O–H groups in total. The summed E-state index contributed by atoms with van der Waals surface area (Å²) >= 11 is 0. The second kappa shape index (κ2) is 6.16. The zero-order valence-electron chi connectivity index (χ0n) is 14.2. The van der Waals surface area contributed by atoms with E-state index in [4.69, 9.17) is 4.52 Å². The summed E-state index contributed by atoms with van der Waals surface area (Å²) in [6.07, 6.45) is 0.933. The number of hydrogen-bond donors (Lipinski definition) is 0. The monoisotopic (exact) mass is 313 g/mol. The Morgan fingerprint density at radius 2 is 2.13 bits per heavy atom. The van der Waals surface area contributed by atoms with E-state index in [0.29, 0.717) is 6.54 Å². The molecule has 1 amide bonds. The Morgan fingerprint density at radius 1 is 1.39 bits per heavy atom. The van der Waals surface area contributed by atoms with Gasteiger partial charge in [0.15, 0.2) is 0 Å². The lowest BCUT2D eigenvalue weighted by atomic mass is 10.1. The Kier molecular flexibility index (Phi) is 4.22. The number of benzene rings is 1. The lowest BCUT2D eigenvalue weighted by Crippen LogP contribution is -2.45. The highest BCUT2D eigenvalue weighted by atomic mass is 16.5. The van der Waals surface area contributed by atoms with Gasteiger partial charge in [-0.1, -0.05) is 23.4 Å². The fraction of sp³-hybridized carbons (Fsp3) is 0.444. The average Bonchev–Trinajstić information content (AvgIpc) is 3.11. The molecule has 1 aromatic carbocycles.